The highest BCUT2D eigenvalue weighted by molar-refractivity contribution is 5.98. The minimum atomic E-state index is -0.823. The summed E-state index contributed by atoms with van der Waals surface area (Å²) in [6.45, 7) is 4.22. The fraction of sp³-hybridized carbons (Fsp3) is 0.692. The zero-order valence-electron chi connectivity index (χ0n) is 11.5. The first-order valence-corrected chi connectivity index (χ1v) is 6.40. The van der Waals surface area contributed by atoms with Crippen LogP contribution in [0, 0.1) is 0 Å². The second-order valence-electron chi connectivity index (χ2n) is 4.81. The van der Waals surface area contributed by atoms with E-state index in [1.807, 2.05) is 0 Å². The third kappa shape index (κ3) is 2.58. The zero-order chi connectivity index (χ0) is 14.0. The van der Waals surface area contributed by atoms with Crippen LogP contribution in [-0.2, 0) is 19.0 Å². The van der Waals surface area contributed by atoms with Gasteiger partial charge >= 0.3 is 6.09 Å². The van der Waals surface area contributed by atoms with E-state index in [0.717, 1.165) is 0 Å². The van der Waals surface area contributed by atoms with E-state index in [1.54, 1.807) is 18.7 Å². The molecule has 0 bridgehead atoms. The molecule has 0 aromatic heterocycles. The minimum Gasteiger partial charge on any atom is -0.470 e. The van der Waals surface area contributed by atoms with Crippen LogP contribution in [0.5, 0.6) is 0 Å². The van der Waals surface area contributed by atoms with Crippen molar-refractivity contribution in [3.05, 3.63) is 11.8 Å². The molecular weight excluding hydrogens is 250 g/mol. The normalized spacial score (nSPS) is 30.3. The lowest BCUT2D eigenvalue weighted by Gasteiger charge is -2.43. The number of ether oxygens (including phenoxy) is 3. The van der Waals surface area contributed by atoms with Gasteiger partial charge in [-0.25, -0.2) is 4.79 Å². The van der Waals surface area contributed by atoms with Crippen LogP contribution in [-0.4, -0.2) is 48.9 Å². The van der Waals surface area contributed by atoms with Gasteiger partial charge in [-0.05, 0) is 6.92 Å². The first-order chi connectivity index (χ1) is 9.00. The third-order valence-corrected chi connectivity index (χ3v) is 3.57. The molecule has 2 atom stereocenters. The average Bonchev–Trinajstić information content (AvgIpc) is 2.39. The number of amides is 1. The smallest absolute Gasteiger partial charge is 0.410 e. The number of hydrogen-bond acceptors (Lipinski definition) is 5. The molecule has 1 saturated heterocycles. The molecule has 106 valence electrons. The number of carbonyl (C=O) groups is 2. The molecule has 1 fully saturated rings. The van der Waals surface area contributed by atoms with Gasteiger partial charge in [-0.1, -0.05) is 0 Å². The summed E-state index contributed by atoms with van der Waals surface area (Å²) in [6, 6.07) is -0.334. The summed E-state index contributed by atoms with van der Waals surface area (Å²) in [7, 11) is 1.54. The second kappa shape index (κ2) is 5.21. The number of nitrogens with zero attached hydrogens (tertiary/aromatic N) is 1. The largest absolute Gasteiger partial charge is 0.470 e. The van der Waals surface area contributed by atoms with Gasteiger partial charge in [0, 0.05) is 33.4 Å². The second-order valence-corrected chi connectivity index (χ2v) is 4.81. The van der Waals surface area contributed by atoms with Crippen LogP contribution in [0.1, 0.15) is 26.7 Å². The minimum absolute atomic E-state index is 0.0173. The molecule has 19 heavy (non-hydrogen) atoms. The summed E-state index contributed by atoms with van der Waals surface area (Å²) in [5, 5.41) is 0. The summed E-state index contributed by atoms with van der Waals surface area (Å²) in [5.74, 6) is -0.806. The molecule has 0 aromatic rings. The number of rotatable bonds is 2. The highest BCUT2D eigenvalue weighted by Gasteiger charge is 2.44. The lowest BCUT2D eigenvalue weighted by molar-refractivity contribution is -0.196. The lowest BCUT2D eigenvalue weighted by Crippen LogP contribution is -2.53. The predicted molar refractivity (Wildman–Crippen MR) is 66.3 cm³/mol. The molecule has 0 N–H and O–H groups in total. The molecule has 1 amide bonds. The van der Waals surface area contributed by atoms with Crippen LogP contribution in [0.4, 0.5) is 4.79 Å². The van der Waals surface area contributed by atoms with E-state index in [1.165, 1.54) is 13.4 Å². The van der Waals surface area contributed by atoms with E-state index < -0.39 is 11.9 Å². The predicted octanol–water partition coefficient (Wildman–Crippen LogP) is 1.45. The molecule has 0 unspecified atom stereocenters. The van der Waals surface area contributed by atoms with Crippen molar-refractivity contribution in [2.75, 3.05) is 20.3 Å². The van der Waals surface area contributed by atoms with Crippen molar-refractivity contribution in [1.82, 2.24) is 4.90 Å². The SMILES string of the molecule is CCOC(=O)N1CCC(=O)C2=CO[C@@](C)(OC)C[C@@H]21. The Kier molecular flexibility index (Phi) is 3.80. The van der Waals surface area contributed by atoms with Gasteiger partial charge in [0.05, 0.1) is 24.5 Å². The molecule has 6 nitrogen and oxygen atoms in total. The van der Waals surface area contributed by atoms with Gasteiger partial charge in [-0.3, -0.25) is 4.79 Å². The maximum absolute atomic E-state index is 11.9. The summed E-state index contributed by atoms with van der Waals surface area (Å²) in [4.78, 5) is 25.4. The maximum Gasteiger partial charge on any atom is 0.410 e. The van der Waals surface area contributed by atoms with Crippen LogP contribution < -0.4 is 0 Å². The molecule has 0 saturated carbocycles. The molecule has 2 aliphatic heterocycles. The zero-order valence-corrected chi connectivity index (χ0v) is 11.5. The highest BCUT2D eigenvalue weighted by Crippen LogP contribution is 2.34. The highest BCUT2D eigenvalue weighted by atomic mass is 16.7. The average molecular weight is 269 g/mol. The van der Waals surface area contributed by atoms with Crippen LogP contribution in [0.3, 0.4) is 0 Å². The summed E-state index contributed by atoms with van der Waals surface area (Å²) in [5.41, 5.74) is 0.522. The van der Waals surface area contributed by atoms with Gasteiger partial charge in [-0.15, -0.1) is 0 Å². The molecule has 2 rings (SSSR count). The summed E-state index contributed by atoms with van der Waals surface area (Å²) >= 11 is 0. The number of hydrogen-bond donors (Lipinski definition) is 0. The molecule has 0 spiro atoms. The Morgan fingerprint density at radius 2 is 2.37 bits per heavy atom. The molecule has 0 aliphatic carbocycles. The Labute approximate surface area is 112 Å². The topological polar surface area (TPSA) is 65.1 Å². The monoisotopic (exact) mass is 269 g/mol. The number of fused-ring (bicyclic) bond motifs is 1. The van der Waals surface area contributed by atoms with Crippen LogP contribution >= 0.6 is 0 Å². The molecule has 0 aromatic carbocycles. The number of piperidine rings is 1. The summed E-state index contributed by atoms with van der Waals surface area (Å²) < 4.78 is 15.8. The lowest BCUT2D eigenvalue weighted by atomic mass is 9.89. The van der Waals surface area contributed by atoms with Crippen molar-refractivity contribution in [2.45, 2.75) is 38.5 Å². The number of carbonyl (C=O) groups excluding carboxylic acids is 2. The van der Waals surface area contributed by atoms with E-state index in [2.05, 4.69) is 0 Å². The molecular formula is C13H19NO5. The van der Waals surface area contributed by atoms with Crippen molar-refractivity contribution in [2.24, 2.45) is 0 Å². The first kappa shape index (κ1) is 13.9. The van der Waals surface area contributed by atoms with Crippen LogP contribution in [0.2, 0.25) is 0 Å². The number of Topliss-reactive ketones (excluding diaryl/α,β-unsaturated/α-hetero) is 1. The van der Waals surface area contributed by atoms with Crippen molar-refractivity contribution < 1.29 is 23.8 Å². The fourth-order valence-corrected chi connectivity index (χ4v) is 2.38. The standard InChI is InChI=1S/C13H19NO5/c1-4-18-12(16)14-6-5-11(15)9-8-19-13(2,17-3)7-10(9)14/h8,10H,4-7H2,1-3H3/t10-,13+/m0/s1. The first-order valence-electron chi connectivity index (χ1n) is 6.40. The van der Waals surface area contributed by atoms with E-state index in [4.69, 9.17) is 14.2 Å². The van der Waals surface area contributed by atoms with Gasteiger partial charge in [0.15, 0.2) is 5.78 Å². The van der Waals surface area contributed by atoms with Crippen LogP contribution in [0.25, 0.3) is 0 Å². The van der Waals surface area contributed by atoms with Gasteiger partial charge in [0.1, 0.15) is 0 Å². The van der Waals surface area contributed by atoms with Gasteiger partial charge < -0.3 is 19.1 Å². The molecule has 0 radical (unpaired) electrons. The van der Waals surface area contributed by atoms with Crippen molar-refractivity contribution in [3.63, 3.8) is 0 Å². The van der Waals surface area contributed by atoms with Crippen molar-refractivity contribution in [1.29, 1.82) is 0 Å². The number of likely N-dealkylation sites (tertiary alicyclic amines) is 1. The number of methoxy groups -OCH3 is 1. The maximum atomic E-state index is 11.9. The quantitative estimate of drug-likeness (QED) is 0.759. The van der Waals surface area contributed by atoms with E-state index in [0.29, 0.717) is 31.6 Å². The Balaban J connectivity index is 2.25. The molecule has 6 heteroatoms. The summed E-state index contributed by atoms with van der Waals surface area (Å²) in [6.07, 6.45) is 1.74. The Morgan fingerprint density at radius 1 is 1.63 bits per heavy atom. The number of ketones is 1. The van der Waals surface area contributed by atoms with E-state index >= 15 is 0 Å². The van der Waals surface area contributed by atoms with Crippen molar-refractivity contribution >= 4 is 11.9 Å². The van der Waals surface area contributed by atoms with E-state index in [9.17, 15) is 9.59 Å². The van der Waals surface area contributed by atoms with Crippen molar-refractivity contribution in [3.8, 4) is 0 Å². The Morgan fingerprint density at radius 3 is 3.00 bits per heavy atom. The molecule has 2 aliphatic rings. The third-order valence-electron chi connectivity index (χ3n) is 3.57. The van der Waals surface area contributed by atoms with Crippen LogP contribution in [0.15, 0.2) is 11.8 Å². The van der Waals surface area contributed by atoms with Gasteiger partial charge in [-0.2, -0.15) is 0 Å². The van der Waals surface area contributed by atoms with Gasteiger partial charge in [0.2, 0.25) is 5.79 Å². The Hall–Kier alpha value is -1.56. The Bertz CT molecular complexity index is 419. The molecule has 2 heterocycles. The van der Waals surface area contributed by atoms with E-state index in [-0.39, 0.29) is 11.8 Å². The fourth-order valence-electron chi connectivity index (χ4n) is 2.38. The van der Waals surface area contributed by atoms with Gasteiger partial charge in [0.25, 0.3) is 0 Å².